The summed E-state index contributed by atoms with van der Waals surface area (Å²) in [6.45, 7) is 5.88. The van der Waals surface area contributed by atoms with E-state index in [1.54, 1.807) is 5.57 Å². The fraction of sp³-hybridized carbons (Fsp3) is 0.769. The number of hydrogen-bond donors (Lipinski definition) is 0. The van der Waals surface area contributed by atoms with Crippen molar-refractivity contribution in [1.29, 1.82) is 0 Å². The highest BCUT2D eigenvalue weighted by atomic mass is 32.2. The molecular formula is C26H37NO3S. The summed E-state index contributed by atoms with van der Waals surface area (Å²) >= 11 is 2.10. The number of esters is 1. The minimum absolute atomic E-state index is 0.000165. The van der Waals surface area contributed by atoms with Gasteiger partial charge in [0.1, 0.15) is 5.60 Å². The molecule has 31 heavy (non-hydrogen) atoms. The summed E-state index contributed by atoms with van der Waals surface area (Å²) in [4.78, 5) is 26.7. The lowest BCUT2D eigenvalue weighted by atomic mass is 9.50. The van der Waals surface area contributed by atoms with Gasteiger partial charge in [-0.2, -0.15) is 11.8 Å². The van der Waals surface area contributed by atoms with Crippen LogP contribution in [-0.2, 0) is 14.3 Å². The molecule has 1 spiro atoms. The number of carbonyl (C=O) groups excluding carboxylic acids is 2. The molecule has 0 bridgehead atoms. The molecule has 1 heterocycles. The minimum Gasteiger partial charge on any atom is -0.458 e. The Morgan fingerprint density at radius 2 is 1.97 bits per heavy atom. The molecule has 4 nitrogen and oxygen atoms in total. The molecule has 0 aromatic rings. The van der Waals surface area contributed by atoms with Crippen molar-refractivity contribution in [1.82, 2.24) is 4.90 Å². The van der Waals surface area contributed by atoms with Gasteiger partial charge in [-0.3, -0.25) is 9.59 Å². The van der Waals surface area contributed by atoms with E-state index in [2.05, 4.69) is 50.7 Å². The van der Waals surface area contributed by atoms with Crippen molar-refractivity contribution in [2.45, 2.75) is 76.1 Å². The summed E-state index contributed by atoms with van der Waals surface area (Å²) < 4.78 is 6.12. The van der Waals surface area contributed by atoms with Crippen LogP contribution in [0.2, 0.25) is 0 Å². The zero-order valence-corrected chi connectivity index (χ0v) is 20.4. The first-order chi connectivity index (χ1) is 14.7. The third-order valence-electron chi connectivity index (χ3n) is 9.54. The fourth-order valence-electron chi connectivity index (χ4n) is 7.64. The third-order valence-corrected chi connectivity index (χ3v) is 10.9. The molecule has 1 saturated heterocycles. The van der Waals surface area contributed by atoms with Gasteiger partial charge in [-0.15, -0.1) is 0 Å². The van der Waals surface area contributed by atoms with Crippen LogP contribution >= 0.6 is 11.8 Å². The van der Waals surface area contributed by atoms with Crippen molar-refractivity contribution in [3.8, 4) is 0 Å². The van der Waals surface area contributed by atoms with Crippen LogP contribution in [0.1, 0.15) is 65.2 Å². The first-order valence-electron chi connectivity index (χ1n) is 12.1. The fourth-order valence-corrected chi connectivity index (χ4v) is 9.25. The summed E-state index contributed by atoms with van der Waals surface area (Å²) in [5.41, 5.74) is 2.80. The van der Waals surface area contributed by atoms with Crippen LogP contribution in [0.3, 0.4) is 0 Å². The van der Waals surface area contributed by atoms with Gasteiger partial charge in [0.05, 0.1) is 0 Å². The number of ketones is 1. The Labute approximate surface area is 191 Å². The number of thioether (sulfide) groups is 1. The zero-order chi connectivity index (χ0) is 22.0. The SMILES string of the molecule is CN(C)CCS[C@@H]1CC2=CC(=O)CCC2(C)C2=CC[C@@]3(C)C(CCC34CCC(=O)O4)C21. The summed E-state index contributed by atoms with van der Waals surface area (Å²) in [6, 6.07) is 0. The van der Waals surface area contributed by atoms with Gasteiger partial charge < -0.3 is 9.64 Å². The van der Waals surface area contributed by atoms with Crippen LogP contribution in [0, 0.1) is 22.7 Å². The molecule has 2 saturated carbocycles. The number of fused-ring (bicyclic) bond motifs is 6. The van der Waals surface area contributed by atoms with Crippen molar-refractivity contribution < 1.29 is 14.3 Å². The number of rotatable bonds is 4. The first-order valence-corrected chi connectivity index (χ1v) is 13.2. The van der Waals surface area contributed by atoms with E-state index in [0.717, 1.165) is 50.8 Å². The zero-order valence-electron chi connectivity index (χ0n) is 19.5. The number of ether oxygens (including phenoxy) is 1. The lowest BCUT2D eigenvalue weighted by molar-refractivity contribution is -0.160. The summed E-state index contributed by atoms with van der Waals surface area (Å²) in [5, 5.41) is 0.508. The van der Waals surface area contributed by atoms with Gasteiger partial charge >= 0.3 is 5.97 Å². The highest BCUT2D eigenvalue weighted by molar-refractivity contribution is 7.99. The number of hydrogen-bond acceptors (Lipinski definition) is 5. The molecule has 3 fully saturated rings. The molecule has 5 aliphatic rings. The van der Waals surface area contributed by atoms with Crippen LogP contribution < -0.4 is 0 Å². The van der Waals surface area contributed by atoms with Crippen molar-refractivity contribution in [3.05, 3.63) is 23.3 Å². The van der Waals surface area contributed by atoms with Gasteiger partial charge in [0, 0.05) is 41.2 Å². The van der Waals surface area contributed by atoms with E-state index in [1.165, 1.54) is 5.57 Å². The van der Waals surface area contributed by atoms with Crippen LogP contribution in [0.25, 0.3) is 0 Å². The average molecular weight is 444 g/mol. The predicted molar refractivity (Wildman–Crippen MR) is 125 cm³/mol. The Kier molecular flexibility index (Phi) is 5.25. The average Bonchev–Trinajstić information content (AvgIpc) is 3.23. The molecule has 6 atom stereocenters. The normalized spacial score (nSPS) is 44.0. The number of allylic oxidation sites excluding steroid dienone is 4. The van der Waals surface area contributed by atoms with E-state index in [4.69, 9.17) is 4.74 Å². The molecule has 0 aromatic carbocycles. The van der Waals surface area contributed by atoms with E-state index in [1.807, 2.05) is 6.08 Å². The van der Waals surface area contributed by atoms with Crippen LogP contribution in [0.5, 0.6) is 0 Å². The standard InChI is InChI=1S/C26H37NO3S/c1-24-9-5-18(28)15-17(24)16-21(31-14-13-27(3)4)23-19(24)6-10-25(2)20(23)7-11-26(25)12-8-22(29)30-26/h6,15,20-21,23H,5,7-14,16H2,1-4H3/t20?,21-,23?,24?,25+,26?/m1/s1. The number of nitrogens with zero attached hydrogens (tertiary/aromatic N) is 1. The molecule has 1 aliphatic heterocycles. The minimum atomic E-state index is -0.255. The van der Waals surface area contributed by atoms with Gasteiger partial charge in [0.2, 0.25) is 0 Å². The molecule has 0 aromatic heterocycles. The van der Waals surface area contributed by atoms with Gasteiger partial charge in [-0.05, 0) is 70.5 Å². The van der Waals surface area contributed by atoms with Gasteiger partial charge in [0.25, 0.3) is 0 Å². The Balaban J connectivity index is 1.53. The topological polar surface area (TPSA) is 46.6 Å². The Hall–Kier alpha value is -1.07. The second-order valence-corrected chi connectivity index (χ2v) is 12.7. The van der Waals surface area contributed by atoms with Crippen molar-refractivity contribution in [2.24, 2.45) is 22.7 Å². The molecule has 0 amide bonds. The lowest BCUT2D eigenvalue weighted by Crippen LogP contribution is -2.53. The highest BCUT2D eigenvalue weighted by Crippen LogP contribution is 2.69. The summed E-state index contributed by atoms with van der Waals surface area (Å²) in [5.74, 6) is 2.51. The van der Waals surface area contributed by atoms with Crippen LogP contribution in [-0.4, -0.2) is 53.9 Å². The Morgan fingerprint density at radius 3 is 2.68 bits per heavy atom. The van der Waals surface area contributed by atoms with E-state index in [0.29, 0.717) is 35.7 Å². The van der Waals surface area contributed by atoms with E-state index >= 15 is 0 Å². The number of carbonyl (C=O) groups is 2. The maximum atomic E-state index is 12.3. The Bertz CT molecular complexity index is 863. The summed E-state index contributed by atoms with van der Waals surface area (Å²) in [7, 11) is 4.28. The van der Waals surface area contributed by atoms with Crippen LogP contribution in [0.4, 0.5) is 0 Å². The van der Waals surface area contributed by atoms with E-state index < -0.39 is 0 Å². The molecule has 170 valence electrons. The first kappa shape index (κ1) is 21.8. The Morgan fingerprint density at radius 1 is 1.16 bits per heavy atom. The second kappa shape index (κ2) is 7.48. The maximum absolute atomic E-state index is 12.3. The quantitative estimate of drug-likeness (QED) is 0.462. The van der Waals surface area contributed by atoms with Crippen molar-refractivity contribution >= 4 is 23.5 Å². The maximum Gasteiger partial charge on any atom is 0.306 e. The van der Waals surface area contributed by atoms with Gasteiger partial charge in [0.15, 0.2) is 5.78 Å². The van der Waals surface area contributed by atoms with Gasteiger partial charge in [-0.1, -0.05) is 31.1 Å². The molecule has 4 aliphatic carbocycles. The summed E-state index contributed by atoms with van der Waals surface area (Å²) in [6.07, 6.45) is 11.8. The smallest absolute Gasteiger partial charge is 0.306 e. The predicted octanol–water partition coefficient (Wildman–Crippen LogP) is 4.79. The molecule has 5 heteroatoms. The van der Waals surface area contributed by atoms with Gasteiger partial charge in [-0.25, -0.2) is 0 Å². The van der Waals surface area contributed by atoms with Crippen LogP contribution in [0.15, 0.2) is 23.3 Å². The molecular weight excluding hydrogens is 406 g/mol. The highest BCUT2D eigenvalue weighted by Gasteiger charge is 2.66. The molecule has 0 N–H and O–H groups in total. The van der Waals surface area contributed by atoms with E-state index in [-0.39, 0.29) is 22.4 Å². The third kappa shape index (κ3) is 3.20. The molecule has 0 radical (unpaired) electrons. The van der Waals surface area contributed by atoms with Crippen molar-refractivity contribution in [2.75, 3.05) is 26.4 Å². The largest absolute Gasteiger partial charge is 0.458 e. The molecule has 5 rings (SSSR count). The van der Waals surface area contributed by atoms with E-state index in [9.17, 15) is 9.59 Å². The second-order valence-electron chi connectivity index (χ2n) is 11.3. The molecule has 4 unspecified atom stereocenters. The lowest BCUT2D eigenvalue weighted by Gasteiger charge is -2.57. The monoisotopic (exact) mass is 443 g/mol. The van der Waals surface area contributed by atoms with Crippen molar-refractivity contribution in [3.63, 3.8) is 0 Å².